The highest BCUT2D eigenvalue weighted by Crippen LogP contribution is 2.25. The van der Waals surface area contributed by atoms with E-state index in [1.807, 2.05) is 0 Å². The Morgan fingerprint density at radius 3 is 1.31 bits per heavy atom. The summed E-state index contributed by atoms with van der Waals surface area (Å²) < 4.78 is 13.1. The van der Waals surface area contributed by atoms with E-state index in [1.165, 1.54) is 0 Å². The Hall–Kier alpha value is -1.01. The fourth-order valence-electron chi connectivity index (χ4n) is 3.19. The zero-order chi connectivity index (χ0) is 22.9. The molecule has 0 fully saturated rings. The predicted octanol–water partition coefficient (Wildman–Crippen LogP) is 4.30. The van der Waals surface area contributed by atoms with Crippen LogP contribution in [0.1, 0.15) is 26.7 Å². The fourth-order valence-corrected chi connectivity index (χ4v) is 17.2. The quantitative estimate of drug-likeness (QED) is 0.231. The normalized spacial score (nSPS) is 12.4. The van der Waals surface area contributed by atoms with Crippen molar-refractivity contribution in [2.75, 3.05) is 13.1 Å². The van der Waals surface area contributed by atoms with E-state index in [1.54, 1.807) is 13.8 Å². The van der Waals surface area contributed by atoms with Gasteiger partial charge in [0.05, 0.1) is 0 Å². The van der Waals surface area contributed by atoms with E-state index in [2.05, 4.69) is 63.1 Å². The number of nitrogens with one attached hydrogen (secondary N) is 2. The summed E-state index contributed by atoms with van der Waals surface area (Å²) in [6.07, 6.45) is 1.79. The van der Waals surface area contributed by atoms with Crippen LogP contribution in [0.15, 0.2) is 24.3 Å². The molecule has 0 aliphatic carbocycles. The summed E-state index contributed by atoms with van der Waals surface area (Å²) in [5.74, 6) is -0.175. The van der Waals surface area contributed by atoms with Gasteiger partial charge in [-0.05, 0) is 78.1 Å². The van der Waals surface area contributed by atoms with Crippen molar-refractivity contribution < 1.29 is 17.8 Å². The first-order valence-electron chi connectivity index (χ1n) is 10.3. The van der Waals surface area contributed by atoms with Gasteiger partial charge in [-0.15, -0.1) is 0 Å². The third-order valence-electron chi connectivity index (χ3n) is 4.30. The van der Waals surface area contributed by atoms with Crippen LogP contribution in [0.4, 0.5) is 0 Å². The van der Waals surface area contributed by atoms with Crippen molar-refractivity contribution in [1.29, 1.82) is 0 Å². The molecular formula is C20H42N2O4Si3. The van der Waals surface area contributed by atoms with E-state index in [9.17, 15) is 9.59 Å². The number of rotatable bonds is 14. The van der Waals surface area contributed by atoms with Gasteiger partial charge in [-0.2, -0.15) is 0 Å². The first kappa shape index (κ1) is 28.0. The monoisotopic (exact) mass is 458 g/mol. The molecule has 0 saturated heterocycles. The highest BCUT2D eigenvalue weighted by Gasteiger charge is 2.39. The third-order valence-corrected chi connectivity index (χ3v) is 15.8. The van der Waals surface area contributed by atoms with Gasteiger partial charge >= 0.3 is 8.56 Å². The lowest BCUT2D eigenvalue weighted by atomic mass is 10.3. The van der Waals surface area contributed by atoms with Crippen LogP contribution in [-0.2, 0) is 17.8 Å². The highest BCUT2D eigenvalue weighted by atomic mass is 28.5. The zero-order valence-corrected chi connectivity index (χ0v) is 22.8. The largest absolute Gasteiger partial charge is 0.437 e. The summed E-state index contributed by atoms with van der Waals surface area (Å²) in [6.45, 7) is 25.1. The summed E-state index contributed by atoms with van der Waals surface area (Å²) in [5.41, 5.74) is 1.07. The molecule has 0 unspecified atom stereocenters. The topological polar surface area (TPSA) is 76.7 Å². The minimum atomic E-state index is -2.25. The first-order valence-corrected chi connectivity index (χ1v) is 19.4. The number of amides is 2. The third kappa shape index (κ3) is 13.8. The molecule has 0 aromatic heterocycles. The van der Waals surface area contributed by atoms with Gasteiger partial charge < -0.3 is 18.9 Å². The molecule has 0 aromatic rings. The molecule has 0 bridgehead atoms. The SMILES string of the molecule is C=C(C)C(=O)NCCC[Si](C)(C)O[Si](C)(C)O[Si](C)(C)CCCNC(=O)C(=C)C. The van der Waals surface area contributed by atoms with Gasteiger partial charge in [0, 0.05) is 24.2 Å². The van der Waals surface area contributed by atoms with E-state index in [4.69, 9.17) is 8.23 Å². The Morgan fingerprint density at radius 1 is 0.724 bits per heavy atom. The van der Waals surface area contributed by atoms with Crippen LogP contribution in [0.5, 0.6) is 0 Å². The Kier molecular flexibility index (Phi) is 11.6. The van der Waals surface area contributed by atoms with Crippen LogP contribution in [0.2, 0.25) is 51.4 Å². The molecule has 2 amide bonds. The molecule has 0 atom stereocenters. The first-order chi connectivity index (χ1) is 13.1. The maximum Gasteiger partial charge on any atom is 0.311 e. The summed E-state index contributed by atoms with van der Waals surface area (Å²) in [7, 11) is -6.02. The van der Waals surface area contributed by atoms with E-state index in [-0.39, 0.29) is 11.8 Å². The molecule has 0 aromatic carbocycles. The van der Waals surface area contributed by atoms with E-state index in [0.717, 1.165) is 24.9 Å². The summed E-state index contributed by atoms with van der Waals surface area (Å²) in [6, 6.07) is 1.94. The number of carbonyl (C=O) groups excluding carboxylic acids is 2. The Bertz CT molecular complexity index is 555. The molecule has 0 heterocycles. The van der Waals surface area contributed by atoms with E-state index in [0.29, 0.717) is 24.2 Å². The molecule has 0 radical (unpaired) electrons. The molecule has 2 N–H and O–H groups in total. The van der Waals surface area contributed by atoms with Crippen LogP contribution in [0, 0.1) is 0 Å². The van der Waals surface area contributed by atoms with Gasteiger partial charge in [-0.3, -0.25) is 9.59 Å². The summed E-state index contributed by atoms with van der Waals surface area (Å²) in [4.78, 5) is 23.1. The summed E-state index contributed by atoms with van der Waals surface area (Å²) in [5, 5.41) is 5.76. The standard InChI is InChI=1S/C20H42N2O4Si3/c1-17(2)19(23)21-13-11-15-27(5,6)25-29(9,10)26-28(7,8)16-12-14-22-20(24)18(3)4/h1,3,11-16H2,2,4-10H3,(H,21,23)(H,22,24). The van der Waals surface area contributed by atoms with Crippen LogP contribution < -0.4 is 10.6 Å². The van der Waals surface area contributed by atoms with E-state index < -0.39 is 25.2 Å². The lowest BCUT2D eigenvalue weighted by molar-refractivity contribution is -0.118. The molecule has 168 valence electrons. The molecule has 29 heavy (non-hydrogen) atoms. The van der Waals surface area contributed by atoms with Crippen LogP contribution in [0.3, 0.4) is 0 Å². The second-order valence-corrected chi connectivity index (χ2v) is 21.9. The summed E-state index contributed by atoms with van der Waals surface area (Å²) >= 11 is 0. The molecule has 0 aliphatic rings. The van der Waals surface area contributed by atoms with Crippen LogP contribution in [-0.4, -0.2) is 50.1 Å². The number of carbonyl (C=O) groups is 2. The van der Waals surface area contributed by atoms with Gasteiger partial charge in [0.25, 0.3) is 0 Å². The van der Waals surface area contributed by atoms with Crippen LogP contribution in [0.25, 0.3) is 0 Å². The minimum Gasteiger partial charge on any atom is -0.437 e. The van der Waals surface area contributed by atoms with Gasteiger partial charge in [0.2, 0.25) is 11.8 Å². The van der Waals surface area contributed by atoms with Crippen molar-refractivity contribution in [2.45, 2.75) is 78.1 Å². The maximum atomic E-state index is 11.6. The van der Waals surface area contributed by atoms with Crippen molar-refractivity contribution in [1.82, 2.24) is 10.6 Å². The molecule has 9 heteroatoms. The van der Waals surface area contributed by atoms with Crippen molar-refractivity contribution in [3.8, 4) is 0 Å². The molecule has 0 rings (SSSR count). The predicted molar refractivity (Wildman–Crippen MR) is 129 cm³/mol. The zero-order valence-electron chi connectivity index (χ0n) is 19.8. The Labute approximate surface area is 181 Å². The van der Waals surface area contributed by atoms with E-state index >= 15 is 0 Å². The maximum absolute atomic E-state index is 11.6. The van der Waals surface area contributed by atoms with Crippen LogP contribution >= 0.6 is 0 Å². The minimum absolute atomic E-state index is 0.0874. The average molecular weight is 459 g/mol. The van der Waals surface area contributed by atoms with Gasteiger partial charge in [-0.1, -0.05) is 13.2 Å². The molecular weight excluding hydrogens is 416 g/mol. The fraction of sp³-hybridized carbons (Fsp3) is 0.700. The smallest absolute Gasteiger partial charge is 0.311 e. The lowest BCUT2D eigenvalue weighted by Gasteiger charge is -2.38. The number of hydrogen-bond donors (Lipinski definition) is 2. The second-order valence-electron chi connectivity index (χ2n) is 9.40. The van der Waals surface area contributed by atoms with Crippen molar-refractivity contribution in [2.24, 2.45) is 0 Å². The Morgan fingerprint density at radius 2 is 1.03 bits per heavy atom. The molecule has 0 aliphatic heterocycles. The average Bonchev–Trinajstić information content (AvgIpc) is 2.52. The highest BCUT2D eigenvalue weighted by molar-refractivity contribution is 6.87. The molecule has 6 nitrogen and oxygen atoms in total. The molecule has 0 saturated carbocycles. The second kappa shape index (κ2) is 12.0. The lowest BCUT2D eigenvalue weighted by Crippen LogP contribution is -2.52. The van der Waals surface area contributed by atoms with Gasteiger partial charge in [-0.25, -0.2) is 0 Å². The molecule has 0 spiro atoms. The van der Waals surface area contributed by atoms with Gasteiger partial charge in [0.15, 0.2) is 16.6 Å². The van der Waals surface area contributed by atoms with Crippen molar-refractivity contribution >= 4 is 37.0 Å². The Balaban J connectivity index is 4.43. The number of hydrogen-bond acceptors (Lipinski definition) is 4. The van der Waals surface area contributed by atoms with Crippen molar-refractivity contribution in [3.63, 3.8) is 0 Å². The van der Waals surface area contributed by atoms with Crippen molar-refractivity contribution in [3.05, 3.63) is 24.3 Å². The van der Waals surface area contributed by atoms with Gasteiger partial charge in [0.1, 0.15) is 0 Å².